The van der Waals surface area contributed by atoms with Crippen molar-refractivity contribution >= 4 is 11.9 Å². The minimum atomic E-state index is -0.796. The molecule has 1 fully saturated rings. The maximum Gasteiger partial charge on any atom is 0.338 e. The number of carbonyl (C=O) groups excluding carboxylic acids is 2. The molecule has 0 unspecified atom stereocenters. The van der Waals surface area contributed by atoms with Crippen LogP contribution < -0.4 is 0 Å². The Morgan fingerprint density at radius 3 is 2.56 bits per heavy atom. The number of amides is 1. The van der Waals surface area contributed by atoms with E-state index in [0.29, 0.717) is 24.1 Å². The van der Waals surface area contributed by atoms with Gasteiger partial charge in [0.25, 0.3) is 5.91 Å². The molecule has 0 N–H and O–H groups in total. The van der Waals surface area contributed by atoms with E-state index in [9.17, 15) is 14.9 Å². The van der Waals surface area contributed by atoms with Crippen molar-refractivity contribution in [2.45, 2.75) is 37.6 Å². The topological polar surface area (TPSA) is 114 Å². The van der Waals surface area contributed by atoms with Gasteiger partial charge in [-0.3, -0.25) is 4.79 Å². The van der Waals surface area contributed by atoms with Gasteiger partial charge in [0.2, 0.25) is 0 Å². The van der Waals surface area contributed by atoms with Crippen molar-refractivity contribution in [1.29, 1.82) is 5.26 Å². The first-order valence-electron chi connectivity index (χ1n) is 8.74. The normalized spacial score (nSPS) is 15.6. The summed E-state index contributed by atoms with van der Waals surface area (Å²) in [6.07, 6.45) is 5.65. The summed E-state index contributed by atoms with van der Waals surface area (Å²) in [5, 5.41) is 20.4. The van der Waals surface area contributed by atoms with Crippen LogP contribution in [0.3, 0.4) is 0 Å². The summed E-state index contributed by atoms with van der Waals surface area (Å²) in [4.78, 5) is 26.0. The minimum absolute atomic E-state index is 0.315. The first kappa shape index (κ1) is 18.5. The van der Waals surface area contributed by atoms with Crippen LogP contribution in [0, 0.1) is 11.3 Å². The second kappa shape index (κ2) is 7.95. The molecule has 2 aromatic rings. The van der Waals surface area contributed by atoms with E-state index in [0.717, 1.165) is 19.3 Å². The number of carbonyl (C=O) groups is 2. The Kier molecular flexibility index (Phi) is 5.45. The highest BCUT2D eigenvalue weighted by Gasteiger charge is 2.39. The maximum atomic E-state index is 12.4. The first-order valence-corrected chi connectivity index (χ1v) is 8.74. The maximum absolute atomic E-state index is 12.4. The van der Waals surface area contributed by atoms with Gasteiger partial charge in [-0.2, -0.15) is 5.26 Å². The van der Waals surface area contributed by atoms with Gasteiger partial charge in [0.1, 0.15) is 11.9 Å². The van der Waals surface area contributed by atoms with E-state index in [-0.39, 0.29) is 5.91 Å². The van der Waals surface area contributed by atoms with E-state index >= 15 is 0 Å². The van der Waals surface area contributed by atoms with Crippen LogP contribution in [-0.2, 0) is 9.53 Å². The Bertz CT molecular complexity index is 835. The standard InChI is InChI=1S/C18H20N6O3/c1-23(18(12-19)9-3-2-4-10-18)16(25)11-27-17(26)14-5-7-15(8-6-14)24-13-20-21-22-24/h5-8,13H,2-4,9-11H2,1H3. The van der Waals surface area contributed by atoms with Crippen LogP contribution in [0.1, 0.15) is 42.5 Å². The van der Waals surface area contributed by atoms with Gasteiger partial charge in [0, 0.05) is 7.05 Å². The molecule has 1 heterocycles. The molecule has 0 bridgehead atoms. The van der Waals surface area contributed by atoms with Crippen LogP contribution in [0.2, 0.25) is 0 Å². The minimum Gasteiger partial charge on any atom is -0.452 e. The molecule has 1 saturated carbocycles. The van der Waals surface area contributed by atoms with Gasteiger partial charge in [-0.05, 0) is 47.5 Å². The molecular weight excluding hydrogens is 348 g/mol. The van der Waals surface area contributed by atoms with Crippen molar-refractivity contribution in [3.63, 3.8) is 0 Å². The number of hydrogen-bond acceptors (Lipinski definition) is 7. The summed E-state index contributed by atoms with van der Waals surface area (Å²) in [5.41, 5.74) is 0.213. The van der Waals surface area contributed by atoms with Crippen molar-refractivity contribution in [3.05, 3.63) is 36.2 Å². The molecule has 1 aromatic carbocycles. The molecule has 9 heteroatoms. The average Bonchev–Trinajstić information content (AvgIpc) is 3.26. The summed E-state index contributed by atoms with van der Waals surface area (Å²) < 4.78 is 6.59. The SMILES string of the molecule is CN(C(=O)COC(=O)c1ccc(-n2cnnn2)cc1)C1(C#N)CCCCC1. The number of rotatable bonds is 5. The molecule has 0 spiro atoms. The van der Waals surface area contributed by atoms with Gasteiger partial charge < -0.3 is 9.64 Å². The lowest BCUT2D eigenvalue weighted by Crippen LogP contribution is -2.51. The van der Waals surface area contributed by atoms with E-state index in [1.54, 1.807) is 31.3 Å². The molecule has 140 valence electrons. The van der Waals surface area contributed by atoms with Gasteiger partial charge in [-0.25, -0.2) is 9.48 Å². The molecule has 0 atom stereocenters. The summed E-state index contributed by atoms with van der Waals surface area (Å²) in [5.74, 6) is -0.980. The lowest BCUT2D eigenvalue weighted by molar-refractivity contribution is -0.138. The molecule has 0 radical (unpaired) electrons. The number of nitriles is 1. The van der Waals surface area contributed by atoms with Crippen LogP contribution in [-0.4, -0.2) is 56.2 Å². The molecule has 1 aliphatic carbocycles. The second-order valence-electron chi connectivity index (χ2n) is 6.53. The predicted octanol–water partition coefficient (Wildman–Crippen LogP) is 1.50. The zero-order chi connectivity index (χ0) is 19.3. The van der Waals surface area contributed by atoms with Crippen molar-refractivity contribution < 1.29 is 14.3 Å². The zero-order valence-corrected chi connectivity index (χ0v) is 15.0. The third-order valence-corrected chi connectivity index (χ3v) is 4.95. The number of tetrazole rings is 1. The van der Waals surface area contributed by atoms with Crippen molar-refractivity contribution in [2.24, 2.45) is 0 Å². The van der Waals surface area contributed by atoms with Gasteiger partial charge in [0.15, 0.2) is 6.61 Å². The lowest BCUT2D eigenvalue weighted by Gasteiger charge is -2.38. The largest absolute Gasteiger partial charge is 0.452 e. The fourth-order valence-electron chi connectivity index (χ4n) is 3.23. The summed E-state index contributed by atoms with van der Waals surface area (Å²) in [7, 11) is 1.60. The number of aromatic nitrogens is 4. The van der Waals surface area contributed by atoms with Gasteiger partial charge in [0.05, 0.1) is 17.3 Å². The molecule has 27 heavy (non-hydrogen) atoms. The highest BCUT2D eigenvalue weighted by Crippen LogP contribution is 2.32. The van der Waals surface area contributed by atoms with Crippen LogP contribution >= 0.6 is 0 Å². The molecule has 1 amide bonds. The molecule has 9 nitrogen and oxygen atoms in total. The van der Waals surface area contributed by atoms with E-state index in [4.69, 9.17) is 4.74 Å². The smallest absolute Gasteiger partial charge is 0.338 e. The van der Waals surface area contributed by atoms with Gasteiger partial charge in [-0.15, -0.1) is 5.10 Å². The quantitative estimate of drug-likeness (QED) is 0.735. The Hall–Kier alpha value is -3.28. The average molecular weight is 368 g/mol. The summed E-state index contributed by atoms with van der Waals surface area (Å²) in [6.45, 7) is -0.395. The highest BCUT2D eigenvalue weighted by atomic mass is 16.5. The van der Waals surface area contributed by atoms with Crippen molar-refractivity contribution in [2.75, 3.05) is 13.7 Å². The van der Waals surface area contributed by atoms with Gasteiger partial charge in [-0.1, -0.05) is 19.3 Å². The van der Waals surface area contributed by atoms with Crippen LogP contribution in [0.5, 0.6) is 0 Å². The third-order valence-electron chi connectivity index (χ3n) is 4.95. The highest BCUT2D eigenvalue weighted by molar-refractivity contribution is 5.91. The third kappa shape index (κ3) is 3.95. The van der Waals surface area contributed by atoms with Crippen LogP contribution in [0.25, 0.3) is 5.69 Å². The molecular formula is C18H20N6O3. The summed E-state index contributed by atoms with van der Waals surface area (Å²) in [6, 6.07) is 8.78. The number of likely N-dealkylation sites (N-methyl/N-ethyl adjacent to an activating group) is 1. The lowest BCUT2D eigenvalue weighted by atomic mass is 9.81. The van der Waals surface area contributed by atoms with Crippen LogP contribution in [0.4, 0.5) is 0 Å². The molecule has 3 rings (SSSR count). The number of nitrogens with zero attached hydrogens (tertiary/aromatic N) is 6. The number of hydrogen-bond donors (Lipinski definition) is 0. The van der Waals surface area contributed by atoms with E-state index < -0.39 is 18.1 Å². The van der Waals surface area contributed by atoms with E-state index in [1.807, 2.05) is 0 Å². The second-order valence-corrected chi connectivity index (χ2v) is 6.53. The summed E-state index contributed by atoms with van der Waals surface area (Å²) >= 11 is 0. The van der Waals surface area contributed by atoms with Crippen molar-refractivity contribution in [3.8, 4) is 11.8 Å². The first-order chi connectivity index (χ1) is 13.1. The van der Waals surface area contributed by atoms with E-state index in [2.05, 4.69) is 21.6 Å². The van der Waals surface area contributed by atoms with Crippen molar-refractivity contribution in [1.82, 2.24) is 25.1 Å². The monoisotopic (exact) mass is 368 g/mol. The van der Waals surface area contributed by atoms with Crippen LogP contribution in [0.15, 0.2) is 30.6 Å². The fraction of sp³-hybridized carbons (Fsp3) is 0.444. The van der Waals surface area contributed by atoms with E-state index in [1.165, 1.54) is 15.9 Å². The number of esters is 1. The Balaban J connectivity index is 1.58. The van der Waals surface area contributed by atoms with Gasteiger partial charge >= 0.3 is 5.97 Å². The Morgan fingerprint density at radius 1 is 1.26 bits per heavy atom. The number of benzene rings is 1. The molecule has 0 saturated heterocycles. The molecule has 0 aliphatic heterocycles. The molecule has 1 aromatic heterocycles. The zero-order valence-electron chi connectivity index (χ0n) is 15.0. The Morgan fingerprint density at radius 2 is 1.96 bits per heavy atom. The number of ether oxygens (including phenoxy) is 1. The predicted molar refractivity (Wildman–Crippen MR) is 93.6 cm³/mol. The Labute approximate surface area is 156 Å². The molecule has 1 aliphatic rings. The fourth-order valence-corrected chi connectivity index (χ4v) is 3.23.